The second-order valence-corrected chi connectivity index (χ2v) is 8.90. The number of hydrogen-bond donors (Lipinski definition) is 0. The van der Waals surface area contributed by atoms with E-state index >= 15 is 0 Å². The minimum Gasteiger partial charge on any atom is -0.266 e. The van der Waals surface area contributed by atoms with Gasteiger partial charge in [0.2, 0.25) is 0 Å². The first kappa shape index (κ1) is 18.2. The fraction of sp³-hybridized carbons (Fsp3) is 0.0714. The molecule has 0 radical (unpaired) electrons. The summed E-state index contributed by atoms with van der Waals surface area (Å²) in [5.41, 5.74) is -0.572. The summed E-state index contributed by atoms with van der Waals surface area (Å²) in [6.07, 6.45) is -4.56. The molecule has 0 N–H and O–H groups in total. The molecule has 4 nitrogen and oxygen atoms in total. The van der Waals surface area contributed by atoms with E-state index in [0.29, 0.717) is 10.2 Å². The molecule has 3 rings (SSSR count). The van der Waals surface area contributed by atoms with E-state index in [-0.39, 0.29) is 15.6 Å². The van der Waals surface area contributed by atoms with Gasteiger partial charge in [0.25, 0.3) is 9.05 Å². The molecule has 0 atom stereocenters. The summed E-state index contributed by atoms with van der Waals surface area (Å²) in [4.78, 5) is 11.5. The molecule has 0 aliphatic rings. The molecule has 0 bridgehead atoms. The van der Waals surface area contributed by atoms with Gasteiger partial charge in [-0.3, -0.25) is 9.36 Å². The predicted octanol–water partition coefficient (Wildman–Crippen LogP) is 4.65. The smallest absolute Gasteiger partial charge is 0.266 e. The highest BCUT2D eigenvalue weighted by Crippen LogP contribution is 2.34. The van der Waals surface area contributed by atoms with E-state index in [1.165, 1.54) is 18.2 Å². The predicted molar refractivity (Wildman–Crippen MR) is 90.5 cm³/mol. The molecule has 3 aromatic rings. The Balaban J connectivity index is 2.23. The Morgan fingerprint density at radius 3 is 2.32 bits per heavy atom. The lowest BCUT2D eigenvalue weighted by Gasteiger charge is -2.11. The molecule has 25 heavy (non-hydrogen) atoms. The number of rotatable bonds is 2. The van der Waals surface area contributed by atoms with Crippen molar-refractivity contribution in [2.75, 3.05) is 0 Å². The average Bonchev–Trinajstić information content (AvgIpc) is 2.80. The van der Waals surface area contributed by atoms with Gasteiger partial charge in [0.1, 0.15) is 0 Å². The van der Waals surface area contributed by atoms with Crippen molar-refractivity contribution in [3.63, 3.8) is 0 Å². The maximum atomic E-state index is 12.7. The maximum Gasteiger partial charge on any atom is 0.416 e. The summed E-state index contributed by atoms with van der Waals surface area (Å²) in [5.74, 6) is 0. The summed E-state index contributed by atoms with van der Waals surface area (Å²) >= 11 is 6.66. The van der Waals surface area contributed by atoms with Crippen LogP contribution < -0.4 is 4.87 Å². The first-order chi connectivity index (χ1) is 11.5. The van der Waals surface area contributed by atoms with Crippen LogP contribution >= 0.6 is 33.6 Å². The van der Waals surface area contributed by atoms with Crippen LogP contribution in [0.3, 0.4) is 0 Å². The molecule has 0 saturated heterocycles. The van der Waals surface area contributed by atoms with Crippen molar-refractivity contribution >= 4 is 52.9 Å². The van der Waals surface area contributed by atoms with E-state index in [1.807, 2.05) is 0 Å². The molecule has 0 aliphatic heterocycles. The molecule has 0 aliphatic carbocycles. The highest BCUT2D eigenvalue weighted by Gasteiger charge is 2.31. The lowest BCUT2D eigenvalue weighted by atomic mass is 10.2. The maximum absolute atomic E-state index is 12.7. The molecule has 0 unspecified atom stereocenters. The van der Waals surface area contributed by atoms with Gasteiger partial charge < -0.3 is 0 Å². The Kier molecular flexibility index (Phi) is 4.39. The zero-order valence-corrected chi connectivity index (χ0v) is 15.0. The number of aromatic nitrogens is 1. The zero-order valence-electron chi connectivity index (χ0n) is 11.8. The number of nitrogens with zero attached hydrogens (tertiary/aromatic N) is 1. The highest BCUT2D eigenvalue weighted by molar-refractivity contribution is 8.13. The van der Waals surface area contributed by atoms with Crippen LogP contribution in [-0.2, 0) is 15.2 Å². The van der Waals surface area contributed by atoms with Gasteiger partial charge in [-0.2, -0.15) is 13.2 Å². The van der Waals surface area contributed by atoms with Crippen molar-refractivity contribution in [1.29, 1.82) is 0 Å². The Hall–Kier alpha value is -1.55. The third-order valence-corrected chi connectivity index (χ3v) is 5.91. The number of hydrogen-bond acceptors (Lipinski definition) is 4. The molecule has 0 saturated carbocycles. The van der Waals surface area contributed by atoms with Crippen molar-refractivity contribution in [2.45, 2.75) is 11.1 Å². The number of halogens is 5. The third kappa shape index (κ3) is 3.41. The normalized spacial score (nSPS) is 12.7. The van der Waals surface area contributed by atoms with Crippen molar-refractivity contribution in [2.24, 2.45) is 0 Å². The second kappa shape index (κ2) is 6.01. The Labute approximate surface area is 152 Å². The average molecular weight is 428 g/mol. The van der Waals surface area contributed by atoms with Crippen molar-refractivity contribution in [3.05, 3.63) is 56.7 Å². The van der Waals surface area contributed by atoms with Gasteiger partial charge >= 0.3 is 11.0 Å². The molecular formula is C14H6Cl2F3NO3S2. The van der Waals surface area contributed by atoms with Crippen LogP contribution in [0.5, 0.6) is 0 Å². The van der Waals surface area contributed by atoms with Crippen molar-refractivity contribution < 1.29 is 21.6 Å². The van der Waals surface area contributed by atoms with Crippen LogP contribution in [0.4, 0.5) is 13.2 Å². The fourth-order valence-corrected chi connectivity index (χ4v) is 4.29. The highest BCUT2D eigenvalue weighted by atomic mass is 35.7. The Morgan fingerprint density at radius 2 is 1.76 bits per heavy atom. The molecular weight excluding hydrogens is 422 g/mol. The topological polar surface area (TPSA) is 56.1 Å². The molecule has 1 heterocycles. The third-order valence-electron chi connectivity index (χ3n) is 3.35. The van der Waals surface area contributed by atoms with E-state index in [0.717, 1.165) is 34.1 Å². The first-order valence-corrected chi connectivity index (χ1v) is 9.96. The Bertz CT molecular complexity index is 1150. The number of thiazole rings is 1. The molecule has 11 heteroatoms. The molecule has 1 aromatic heterocycles. The SMILES string of the molecule is O=c1sc2cc(S(=O)(=O)Cl)ccc2n1-c1ccc(C(F)(F)F)cc1Cl. The lowest BCUT2D eigenvalue weighted by Crippen LogP contribution is -2.12. The number of benzene rings is 2. The Morgan fingerprint density at radius 1 is 1.08 bits per heavy atom. The monoisotopic (exact) mass is 427 g/mol. The standard InChI is InChI=1S/C14H6Cl2F3NO3S2/c15-9-5-7(14(17,18)19)1-3-10(9)20-11-4-2-8(25(16,22)23)6-12(11)24-13(20)21/h1-6H. The molecule has 0 amide bonds. The summed E-state index contributed by atoms with van der Waals surface area (Å²) < 4.78 is 62.4. The molecule has 2 aromatic carbocycles. The molecule has 132 valence electrons. The van der Waals surface area contributed by atoms with Gasteiger partial charge in [0, 0.05) is 10.7 Å². The quantitative estimate of drug-likeness (QED) is 0.559. The van der Waals surface area contributed by atoms with Crippen molar-refractivity contribution in [3.8, 4) is 5.69 Å². The minimum absolute atomic E-state index is 0.0624. The summed E-state index contributed by atoms with van der Waals surface area (Å²) in [5, 5.41) is -0.259. The zero-order chi connectivity index (χ0) is 18.6. The van der Waals surface area contributed by atoms with Gasteiger partial charge in [-0.25, -0.2) is 8.42 Å². The number of fused-ring (bicyclic) bond motifs is 1. The van der Waals surface area contributed by atoms with Gasteiger partial charge in [0.15, 0.2) is 0 Å². The van der Waals surface area contributed by atoms with E-state index in [2.05, 4.69) is 0 Å². The van der Waals surface area contributed by atoms with Gasteiger partial charge in [-0.15, -0.1) is 0 Å². The fourth-order valence-electron chi connectivity index (χ4n) is 2.24. The van der Waals surface area contributed by atoms with Gasteiger partial charge in [-0.05, 0) is 36.4 Å². The summed E-state index contributed by atoms with van der Waals surface area (Å²) in [6.45, 7) is 0. The van der Waals surface area contributed by atoms with Crippen molar-refractivity contribution in [1.82, 2.24) is 4.57 Å². The summed E-state index contributed by atoms with van der Waals surface area (Å²) in [7, 11) is 1.30. The van der Waals surface area contributed by atoms with Crippen LogP contribution in [0.1, 0.15) is 5.56 Å². The van der Waals surface area contributed by atoms with Gasteiger partial charge in [-0.1, -0.05) is 22.9 Å². The van der Waals surface area contributed by atoms with Crippen LogP contribution in [0.15, 0.2) is 46.1 Å². The van der Waals surface area contributed by atoms with Gasteiger partial charge in [0.05, 0.1) is 31.4 Å². The van der Waals surface area contributed by atoms with Crippen LogP contribution in [0, 0.1) is 0 Å². The van der Waals surface area contributed by atoms with E-state index < -0.39 is 25.7 Å². The second-order valence-electron chi connectivity index (χ2n) is 4.93. The van der Waals surface area contributed by atoms with Crippen LogP contribution in [-0.4, -0.2) is 13.0 Å². The first-order valence-electron chi connectivity index (χ1n) is 6.46. The van der Waals surface area contributed by atoms with E-state index in [1.54, 1.807) is 0 Å². The number of alkyl halides is 3. The largest absolute Gasteiger partial charge is 0.416 e. The summed E-state index contributed by atoms with van der Waals surface area (Å²) in [6, 6.07) is 6.39. The van der Waals surface area contributed by atoms with E-state index in [9.17, 15) is 26.4 Å². The molecule has 0 fully saturated rings. The van der Waals surface area contributed by atoms with Crippen LogP contribution in [0.2, 0.25) is 5.02 Å². The minimum atomic E-state index is -4.56. The molecule has 0 spiro atoms. The lowest BCUT2D eigenvalue weighted by molar-refractivity contribution is -0.137. The van der Waals surface area contributed by atoms with E-state index in [4.69, 9.17) is 22.3 Å². The van der Waals surface area contributed by atoms with Crippen LogP contribution in [0.25, 0.3) is 15.9 Å².